The zero-order valence-corrected chi connectivity index (χ0v) is 12.9. The molecule has 0 aromatic heterocycles. The minimum absolute atomic E-state index is 0.542. The topological polar surface area (TPSA) is 23.6 Å². The lowest BCUT2D eigenvalue weighted by molar-refractivity contribution is -0.119. The molecule has 1 heterocycles. The number of piperazine rings is 1. The van der Waals surface area contributed by atoms with Gasteiger partial charge in [0.15, 0.2) is 0 Å². The summed E-state index contributed by atoms with van der Waals surface area (Å²) >= 11 is 0. The second kappa shape index (κ2) is 10.6. The number of hydrogen-bond donors (Lipinski definition) is 0. The molecule has 0 saturated carbocycles. The van der Waals surface area contributed by atoms with Gasteiger partial charge in [-0.1, -0.05) is 48.0 Å². The summed E-state index contributed by atoms with van der Waals surface area (Å²) in [6.07, 6.45) is 2.19. The summed E-state index contributed by atoms with van der Waals surface area (Å²) in [5.74, 6) is 0. The molecule has 3 nitrogen and oxygen atoms in total. The molecule has 1 aliphatic rings. The van der Waals surface area contributed by atoms with Gasteiger partial charge in [0.25, 0.3) is 0 Å². The standard InChI is InChI=1S/C6H12N2O.C6H14.C2H6/c1-7-2-4-8(6-9)5-3-7;1-5-6(2,3)4;1-2/h6H,2-5H2,1H3;5H2,1-4H3;1-2H3. The Kier molecular flexibility index (Phi) is 11.7. The molecule has 1 aliphatic heterocycles. The second-order valence-electron chi connectivity index (χ2n) is 5.36. The number of rotatable bonds is 1. The van der Waals surface area contributed by atoms with Gasteiger partial charge >= 0.3 is 0 Å². The van der Waals surface area contributed by atoms with E-state index < -0.39 is 0 Å². The van der Waals surface area contributed by atoms with Gasteiger partial charge in [0.2, 0.25) is 6.41 Å². The molecule has 104 valence electrons. The highest BCUT2D eigenvalue weighted by Crippen LogP contribution is 2.16. The molecule has 1 amide bonds. The highest BCUT2D eigenvalue weighted by atomic mass is 16.1. The SMILES string of the molecule is CC.CCC(C)(C)C.CN1CCN(C=O)CC1. The number of carbonyl (C=O) groups is 1. The Hall–Kier alpha value is -0.570. The third-order valence-corrected chi connectivity index (χ3v) is 2.75. The van der Waals surface area contributed by atoms with E-state index in [-0.39, 0.29) is 0 Å². The minimum atomic E-state index is 0.542. The number of hydrogen-bond acceptors (Lipinski definition) is 2. The van der Waals surface area contributed by atoms with Crippen LogP contribution in [-0.2, 0) is 4.79 Å². The molecular weight excluding hydrogens is 212 g/mol. The van der Waals surface area contributed by atoms with Crippen molar-refractivity contribution in [3.05, 3.63) is 0 Å². The fourth-order valence-corrected chi connectivity index (χ4v) is 0.927. The molecule has 0 N–H and O–H groups in total. The van der Waals surface area contributed by atoms with Crippen LogP contribution in [0.2, 0.25) is 0 Å². The highest BCUT2D eigenvalue weighted by Gasteiger charge is 2.10. The Morgan fingerprint density at radius 2 is 1.41 bits per heavy atom. The molecule has 1 fully saturated rings. The van der Waals surface area contributed by atoms with Gasteiger partial charge in [-0.05, 0) is 12.5 Å². The van der Waals surface area contributed by atoms with Crippen molar-refractivity contribution in [2.75, 3.05) is 33.2 Å². The van der Waals surface area contributed by atoms with E-state index in [9.17, 15) is 4.79 Å². The summed E-state index contributed by atoms with van der Waals surface area (Å²) in [5, 5.41) is 0. The average molecular weight is 244 g/mol. The molecule has 0 unspecified atom stereocenters. The van der Waals surface area contributed by atoms with Crippen molar-refractivity contribution in [1.82, 2.24) is 9.80 Å². The first-order chi connectivity index (χ1) is 7.89. The Labute approximate surface area is 108 Å². The Morgan fingerprint density at radius 1 is 1.06 bits per heavy atom. The van der Waals surface area contributed by atoms with Gasteiger partial charge in [0, 0.05) is 26.2 Å². The van der Waals surface area contributed by atoms with Crippen molar-refractivity contribution in [3.8, 4) is 0 Å². The fraction of sp³-hybridized carbons (Fsp3) is 0.929. The number of carbonyl (C=O) groups excluding carboxylic acids is 1. The van der Waals surface area contributed by atoms with Crippen LogP contribution in [0.4, 0.5) is 0 Å². The normalized spacial score (nSPS) is 16.3. The van der Waals surface area contributed by atoms with Crippen LogP contribution < -0.4 is 0 Å². The van der Waals surface area contributed by atoms with Crippen molar-refractivity contribution in [2.45, 2.75) is 48.0 Å². The van der Waals surface area contributed by atoms with Crippen molar-refractivity contribution in [2.24, 2.45) is 5.41 Å². The van der Waals surface area contributed by atoms with E-state index in [4.69, 9.17) is 0 Å². The fourth-order valence-electron chi connectivity index (χ4n) is 0.927. The van der Waals surface area contributed by atoms with E-state index in [1.807, 2.05) is 13.8 Å². The maximum absolute atomic E-state index is 10.2. The summed E-state index contributed by atoms with van der Waals surface area (Å²) in [5.41, 5.74) is 0.542. The third-order valence-electron chi connectivity index (χ3n) is 2.75. The third kappa shape index (κ3) is 13.4. The molecule has 1 rings (SSSR count). The summed E-state index contributed by atoms with van der Waals surface area (Å²) in [7, 11) is 2.07. The van der Waals surface area contributed by atoms with Gasteiger partial charge in [-0.25, -0.2) is 0 Å². The Morgan fingerprint density at radius 3 is 1.65 bits per heavy atom. The van der Waals surface area contributed by atoms with Crippen LogP contribution in [0.5, 0.6) is 0 Å². The van der Waals surface area contributed by atoms with Crippen molar-refractivity contribution in [3.63, 3.8) is 0 Å². The molecule has 17 heavy (non-hydrogen) atoms. The second-order valence-corrected chi connectivity index (χ2v) is 5.36. The van der Waals surface area contributed by atoms with E-state index in [2.05, 4.69) is 39.6 Å². The van der Waals surface area contributed by atoms with Crippen LogP contribution in [0.1, 0.15) is 48.0 Å². The average Bonchev–Trinajstić information content (AvgIpc) is 2.33. The van der Waals surface area contributed by atoms with Gasteiger partial charge < -0.3 is 9.80 Å². The van der Waals surface area contributed by atoms with Gasteiger partial charge in [0.05, 0.1) is 0 Å². The van der Waals surface area contributed by atoms with Crippen molar-refractivity contribution in [1.29, 1.82) is 0 Å². The first kappa shape index (κ1) is 18.8. The van der Waals surface area contributed by atoms with Gasteiger partial charge in [-0.2, -0.15) is 0 Å². The monoisotopic (exact) mass is 244 g/mol. The van der Waals surface area contributed by atoms with E-state index in [0.717, 1.165) is 32.6 Å². The molecule has 0 radical (unpaired) electrons. The van der Waals surface area contributed by atoms with E-state index in [1.165, 1.54) is 6.42 Å². The molecule has 0 aromatic rings. The van der Waals surface area contributed by atoms with Crippen molar-refractivity contribution < 1.29 is 4.79 Å². The first-order valence-electron chi connectivity index (χ1n) is 6.77. The smallest absolute Gasteiger partial charge is 0.209 e. The lowest BCUT2D eigenvalue weighted by Crippen LogP contribution is -2.43. The van der Waals surface area contributed by atoms with E-state index >= 15 is 0 Å². The van der Waals surface area contributed by atoms with Crippen LogP contribution in [-0.4, -0.2) is 49.4 Å². The zero-order valence-electron chi connectivity index (χ0n) is 12.9. The summed E-state index contributed by atoms with van der Waals surface area (Å²) in [4.78, 5) is 14.2. The van der Waals surface area contributed by atoms with Crippen LogP contribution in [0.15, 0.2) is 0 Å². The molecule has 0 aliphatic carbocycles. The van der Waals surface area contributed by atoms with E-state index in [1.54, 1.807) is 4.90 Å². The van der Waals surface area contributed by atoms with Crippen LogP contribution in [0, 0.1) is 5.41 Å². The summed E-state index contributed by atoms with van der Waals surface area (Å²) < 4.78 is 0. The van der Waals surface area contributed by atoms with E-state index in [0.29, 0.717) is 5.41 Å². The Balaban J connectivity index is 0. The molecule has 0 bridgehead atoms. The maximum Gasteiger partial charge on any atom is 0.209 e. The van der Waals surface area contributed by atoms with Gasteiger partial charge in [0.1, 0.15) is 0 Å². The molecule has 1 saturated heterocycles. The van der Waals surface area contributed by atoms with Gasteiger partial charge in [-0.15, -0.1) is 0 Å². The van der Waals surface area contributed by atoms with Crippen LogP contribution in [0.25, 0.3) is 0 Å². The maximum atomic E-state index is 10.2. The highest BCUT2D eigenvalue weighted by molar-refractivity contribution is 5.47. The number of amides is 1. The quantitative estimate of drug-likeness (QED) is 0.662. The molecule has 0 atom stereocenters. The van der Waals surface area contributed by atoms with Crippen LogP contribution >= 0.6 is 0 Å². The van der Waals surface area contributed by atoms with Crippen LogP contribution in [0.3, 0.4) is 0 Å². The number of likely N-dealkylation sites (N-methyl/N-ethyl adjacent to an activating group) is 1. The number of nitrogens with zero attached hydrogens (tertiary/aromatic N) is 2. The molecular formula is C14H32N2O. The summed E-state index contributed by atoms with van der Waals surface area (Å²) in [6.45, 7) is 16.7. The first-order valence-corrected chi connectivity index (χ1v) is 6.77. The molecule has 0 aromatic carbocycles. The minimum Gasteiger partial charge on any atom is -0.343 e. The predicted molar refractivity (Wildman–Crippen MR) is 76.2 cm³/mol. The van der Waals surface area contributed by atoms with Gasteiger partial charge in [-0.3, -0.25) is 4.79 Å². The lowest BCUT2D eigenvalue weighted by Gasteiger charge is -2.29. The van der Waals surface area contributed by atoms with Crippen molar-refractivity contribution >= 4 is 6.41 Å². The summed E-state index contributed by atoms with van der Waals surface area (Å²) in [6, 6.07) is 0. The molecule has 0 spiro atoms. The zero-order chi connectivity index (χ0) is 13.9. The largest absolute Gasteiger partial charge is 0.343 e. The lowest BCUT2D eigenvalue weighted by atomic mass is 9.94. The predicted octanol–water partition coefficient (Wildman–Crippen LogP) is 2.86. The molecule has 3 heteroatoms. The Bertz CT molecular complexity index is 168.